The van der Waals surface area contributed by atoms with Gasteiger partial charge in [0, 0.05) is 0 Å². The van der Waals surface area contributed by atoms with Crippen molar-refractivity contribution in [3.8, 4) is 11.5 Å². The van der Waals surface area contributed by atoms with Crippen LogP contribution in [0.15, 0.2) is 24.3 Å². The van der Waals surface area contributed by atoms with Gasteiger partial charge in [0.25, 0.3) is 0 Å². The Bertz CT molecular complexity index is 411. The molecule has 0 amide bonds. The lowest BCUT2D eigenvalue weighted by Crippen LogP contribution is -3.00. The van der Waals surface area contributed by atoms with Crippen LogP contribution in [0.3, 0.4) is 0 Å². The van der Waals surface area contributed by atoms with E-state index in [0.29, 0.717) is 0 Å². The molecule has 0 heterocycles. The number of unbranched alkanes of at least 4 members (excludes halogenated alkanes) is 2. The Hall–Kier alpha value is 0.200. The first-order chi connectivity index (χ1) is 11.2. The average Bonchev–Trinajstić information content (AvgIpc) is 2.45. The minimum atomic E-state index is 0. The molecule has 1 aromatic rings. The van der Waals surface area contributed by atoms with E-state index in [2.05, 4.69) is 42.3 Å². The molecule has 0 atom stereocenters. The number of halogens is 2. The van der Waals surface area contributed by atoms with E-state index in [9.17, 15) is 0 Å². The van der Waals surface area contributed by atoms with Crippen molar-refractivity contribution < 1.29 is 66.4 Å². The largest absolute Gasteiger partial charge is 1.00 e. The van der Waals surface area contributed by atoms with Gasteiger partial charge in [-0.2, -0.15) is 0 Å². The number of nitrogens with zero attached hydrogens (tertiary/aromatic N) is 2. The van der Waals surface area contributed by atoms with Gasteiger partial charge in [-0.3, -0.25) is 0 Å². The maximum absolute atomic E-state index is 5.79. The third kappa shape index (κ3) is 16.4. The minimum Gasteiger partial charge on any atom is -1.00 e. The molecule has 0 saturated heterocycles. The molecule has 0 aromatic heterocycles. The molecular weight excluding hydrogens is 554 g/mol. The Balaban J connectivity index is 0. The summed E-state index contributed by atoms with van der Waals surface area (Å²) in [5.74, 6) is 1.86. The molecule has 1 aromatic carbocycles. The van der Waals surface area contributed by atoms with Crippen LogP contribution in [0.1, 0.15) is 25.7 Å². The van der Waals surface area contributed by atoms with Gasteiger partial charge >= 0.3 is 0 Å². The normalized spacial score (nSPS) is 11.3. The number of hydrogen-bond acceptors (Lipinski definition) is 2. The van der Waals surface area contributed by atoms with Crippen molar-refractivity contribution in [3.05, 3.63) is 24.3 Å². The summed E-state index contributed by atoms with van der Waals surface area (Å²) in [6.07, 6.45) is 4.58. The molecule has 0 unspecified atom stereocenters. The van der Waals surface area contributed by atoms with Crippen LogP contribution in [0, 0.1) is 0 Å². The highest BCUT2D eigenvalue weighted by Crippen LogP contribution is 2.18. The fraction of sp³-hybridized carbons (Fsp3) is 0.700. The zero-order chi connectivity index (χ0) is 18.1. The highest BCUT2D eigenvalue weighted by atomic mass is 127. The summed E-state index contributed by atoms with van der Waals surface area (Å²) in [5, 5.41) is 0. The Morgan fingerprint density at radius 2 is 0.885 bits per heavy atom. The Kier molecular flexibility index (Phi) is 15.6. The van der Waals surface area contributed by atoms with Crippen LogP contribution in [0.25, 0.3) is 0 Å². The lowest BCUT2D eigenvalue weighted by molar-refractivity contribution is -0.870. The number of quaternary nitrogens is 2. The fourth-order valence-electron chi connectivity index (χ4n) is 2.39. The van der Waals surface area contributed by atoms with Gasteiger partial charge in [-0.05, 0) is 49.9 Å². The summed E-state index contributed by atoms with van der Waals surface area (Å²) >= 11 is 0. The minimum absolute atomic E-state index is 0. The fourth-order valence-corrected chi connectivity index (χ4v) is 2.39. The standard InChI is InChI=1S/C20H38N2O2.2HI/c1-21(2,3)15-7-9-17-23-19-11-13-20(14-12-19)24-18-10-8-16-22(4,5)6;;/h11-14H,7-10,15-18H2,1-6H3;2*1H/q+2;;/p-2. The summed E-state index contributed by atoms with van der Waals surface area (Å²) in [6, 6.07) is 8.00. The van der Waals surface area contributed by atoms with E-state index < -0.39 is 0 Å². The molecule has 1 rings (SSSR count). The van der Waals surface area contributed by atoms with Crippen molar-refractivity contribution >= 4 is 0 Å². The second-order valence-electron chi connectivity index (χ2n) is 8.61. The van der Waals surface area contributed by atoms with Crippen LogP contribution < -0.4 is 57.4 Å². The molecule has 0 radical (unpaired) electrons. The molecule has 0 bridgehead atoms. The number of rotatable bonds is 12. The summed E-state index contributed by atoms with van der Waals surface area (Å²) in [4.78, 5) is 0. The molecular formula is C20H38I2N2O2. The molecule has 0 aliphatic heterocycles. The topological polar surface area (TPSA) is 18.5 Å². The molecule has 26 heavy (non-hydrogen) atoms. The van der Waals surface area contributed by atoms with Gasteiger partial charge in [0.1, 0.15) is 11.5 Å². The van der Waals surface area contributed by atoms with Crippen molar-refractivity contribution in [1.82, 2.24) is 0 Å². The van der Waals surface area contributed by atoms with Crippen molar-refractivity contribution in [2.24, 2.45) is 0 Å². The molecule has 0 aliphatic rings. The predicted octanol–water partition coefficient (Wildman–Crippen LogP) is -2.57. The monoisotopic (exact) mass is 592 g/mol. The van der Waals surface area contributed by atoms with Crippen molar-refractivity contribution in [2.45, 2.75) is 25.7 Å². The average molecular weight is 592 g/mol. The van der Waals surface area contributed by atoms with Crippen LogP contribution in [0.4, 0.5) is 0 Å². The van der Waals surface area contributed by atoms with E-state index in [-0.39, 0.29) is 48.0 Å². The third-order valence-corrected chi connectivity index (χ3v) is 3.81. The lowest BCUT2D eigenvalue weighted by atomic mass is 10.3. The maximum atomic E-state index is 5.79. The van der Waals surface area contributed by atoms with Gasteiger partial charge in [0.15, 0.2) is 0 Å². The first-order valence-electron chi connectivity index (χ1n) is 9.12. The summed E-state index contributed by atoms with van der Waals surface area (Å²) < 4.78 is 13.6. The molecule has 0 aliphatic carbocycles. The Morgan fingerprint density at radius 3 is 1.15 bits per heavy atom. The number of hydrogen-bond donors (Lipinski definition) is 0. The SMILES string of the molecule is C[N+](C)(C)CCCCOc1ccc(OCCCC[N+](C)(C)C)cc1.[I-].[I-]. The Labute approximate surface area is 195 Å². The van der Waals surface area contributed by atoms with Gasteiger partial charge in [0.05, 0.1) is 68.6 Å². The van der Waals surface area contributed by atoms with Crippen molar-refractivity contribution in [2.75, 3.05) is 68.6 Å². The summed E-state index contributed by atoms with van der Waals surface area (Å²) in [6.45, 7) is 3.94. The second-order valence-corrected chi connectivity index (χ2v) is 8.61. The van der Waals surface area contributed by atoms with Gasteiger partial charge in [-0.15, -0.1) is 0 Å². The maximum Gasteiger partial charge on any atom is 0.119 e. The Morgan fingerprint density at radius 1 is 0.577 bits per heavy atom. The number of benzene rings is 1. The molecule has 0 spiro atoms. The van der Waals surface area contributed by atoms with Gasteiger partial charge < -0.3 is 66.4 Å². The van der Waals surface area contributed by atoms with E-state index in [1.54, 1.807) is 0 Å². The van der Waals surface area contributed by atoms with Crippen LogP contribution in [0.5, 0.6) is 11.5 Å². The predicted molar refractivity (Wildman–Crippen MR) is 102 cm³/mol. The summed E-state index contributed by atoms with van der Waals surface area (Å²) in [7, 11) is 13.3. The van der Waals surface area contributed by atoms with Crippen LogP contribution in [-0.2, 0) is 0 Å². The highest BCUT2D eigenvalue weighted by Gasteiger charge is 2.06. The van der Waals surface area contributed by atoms with Gasteiger partial charge in [-0.1, -0.05) is 0 Å². The van der Waals surface area contributed by atoms with E-state index >= 15 is 0 Å². The zero-order valence-corrected chi connectivity index (χ0v) is 21.7. The first kappa shape index (κ1) is 28.4. The van der Waals surface area contributed by atoms with Crippen molar-refractivity contribution in [1.29, 1.82) is 0 Å². The molecule has 0 saturated carbocycles. The van der Waals surface area contributed by atoms with Gasteiger partial charge in [-0.25, -0.2) is 0 Å². The first-order valence-corrected chi connectivity index (χ1v) is 9.12. The second kappa shape index (κ2) is 14.2. The van der Waals surface area contributed by atoms with Gasteiger partial charge in [0.2, 0.25) is 0 Å². The van der Waals surface area contributed by atoms with E-state index in [0.717, 1.165) is 46.5 Å². The van der Waals surface area contributed by atoms with Crippen LogP contribution in [0.2, 0.25) is 0 Å². The van der Waals surface area contributed by atoms with Crippen molar-refractivity contribution in [3.63, 3.8) is 0 Å². The lowest BCUT2D eigenvalue weighted by Gasteiger charge is -2.23. The van der Waals surface area contributed by atoms with Crippen LogP contribution >= 0.6 is 0 Å². The molecule has 6 heteroatoms. The zero-order valence-electron chi connectivity index (χ0n) is 17.4. The number of ether oxygens (including phenoxy) is 2. The molecule has 0 fully saturated rings. The van der Waals surface area contributed by atoms with Crippen LogP contribution in [-0.4, -0.2) is 77.6 Å². The highest BCUT2D eigenvalue weighted by molar-refractivity contribution is 5.31. The van der Waals surface area contributed by atoms with E-state index in [4.69, 9.17) is 9.47 Å². The van der Waals surface area contributed by atoms with E-state index in [1.165, 1.54) is 25.9 Å². The third-order valence-electron chi connectivity index (χ3n) is 3.81. The summed E-state index contributed by atoms with van der Waals surface area (Å²) in [5.41, 5.74) is 0. The molecule has 0 N–H and O–H groups in total. The van der Waals surface area contributed by atoms with E-state index in [1.807, 2.05) is 24.3 Å². The molecule has 154 valence electrons. The molecule has 4 nitrogen and oxygen atoms in total. The smallest absolute Gasteiger partial charge is 0.119 e. The quantitative estimate of drug-likeness (QED) is 0.151.